The Labute approximate surface area is 205 Å². The topological polar surface area (TPSA) is 108 Å². The molecular formula is C27H33N3O5. The minimum Gasteiger partial charge on any atom is -0.481 e. The molecule has 0 spiro atoms. The number of likely N-dealkylation sites (tertiary alicyclic amines) is 1. The second kappa shape index (κ2) is 10.5. The van der Waals surface area contributed by atoms with Crippen molar-refractivity contribution in [3.05, 3.63) is 59.7 Å². The maximum Gasteiger partial charge on any atom is 0.407 e. The summed E-state index contributed by atoms with van der Waals surface area (Å²) in [6.45, 7) is 3.34. The molecule has 2 aliphatic rings. The van der Waals surface area contributed by atoms with Crippen LogP contribution in [-0.2, 0) is 14.3 Å². The summed E-state index contributed by atoms with van der Waals surface area (Å²) in [7, 11) is 2.01. The van der Waals surface area contributed by atoms with E-state index < -0.39 is 23.6 Å². The van der Waals surface area contributed by atoms with Crippen molar-refractivity contribution < 1.29 is 24.2 Å². The minimum absolute atomic E-state index is 0.0400. The van der Waals surface area contributed by atoms with Gasteiger partial charge in [0.15, 0.2) is 0 Å². The first-order chi connectivity index (χ1) is 16.8. The first-order valence-corrected chi connectivity index (χ1v) is 12.1. The van der Waals surface area contributed by atoms with Gasteiger partial charge in [-0.25, -0.2) is 4.79 Å². The Morgan fingerprint density at radius 2 is 1.63 bits per heavy atom. The average Bonchev–Trinajstić information content (AvgIpc) is 3.13. The predicted octanol–water partition coefficient (Wildman–Crippen LogP) is 3.36. The number of alkyl carbamates (subject to hydrolysis) is 1. The van der Waals surface area contributed by atoms with Crippen molar-refractivity contribution in [1.29, 1.82) is 0 Å². The van der Waals surface area contributed by atoms with Crippen LogP contribution in [0.3, 0.4) is 0 Å². The van der Waals surface area contributed by atoms with Gasteiger partial charge in [-0.3, -0.25) is 9.59 Å². The van der Waals surface area contributed by atoms with Crippen molar-refractivity contribution in [2.24, 2.45) is 0 Å². The van der Waals surface area contributed by atoms with Crippen LogP contribution in [-0.4, -0.2) is 66.3 Å². The Morgan fingerprint density at radius 3 is 2.20 bits per heavy atom. The van der Waals surface area contributed by atoms with Gasteiger partial charge in [-0.05, 0) is 49.1 Å². The molecule has 8 nitrogen and oxygen atoms in total. The quantitative estimate of drug-likeness (QED) is 0.536. The second-order valence-corrected chi connectivity index (χ2v) is 9.78. The third-order valence-corrected chi connectivity index (χ3v) is 7.04. The van der Waals surface area contributed by atoms with E-state index in [0.29, 0.717) is 12.8 Å². The average molecular weight is 480 g/mol. The fraction of sp³-hybridized carbons (Fsp3) is 0.444. The number of benzene rings is 2. The van der Waals surface area contributed by atoms with E-state index in [0.717, 1.165) is 35.3 Å². The van der Waals surface area contributed by atoms with Crippen LogP contribution < -0.4 is 10.6 Å². The van der Waals surface area contributed by atoms with Crippen molar-refractivity contribution in [3.63, 3.8) is 0 Å². The lowest BCUT2D eigenvalue weighted by Gasteiger charge is -2.40. The van der Waals surface area contributed by atoms with Crippen molar-refractivity contribution in [2.75, 3.05) is 26.7 Å². The highest BCUT2D eigenvalue weighted by atomic mass is 16.5. The van der Waals surface area contributed by atoms with E-state index in [9.17, 15) is 14.4 Å². The zero-order valence-electron chi connectivity index (χ0n) is 20.3. The fourth-order valence-electron chi connectivity index (χ4n) is 5.19. The fourth-order valence-corrected chi connectivity index (χ4v) is 5.19. The highest BCUT2D eigenvalue weighted by molar-refractivity contribution is 5.80. The van der Waals surface area contributed by atoms with Crippen molar-refractivity contribution in [3.8, 4) is 11.1 Å². The molecule has 8 heteroatoms. The summed E-state index contributed by atoms with van der Waals surface area (Å²) in [5.74, 6) is -1.28. The largest absolute Gasteiger partial charge is 0.481 e. The lowest BCUT2D eigenvalue weighted by atomic mass is 9.84. The monoisotopic (exact) mass is 479 g/mol. The highest BCUT2D eigenvalue weighted by Crippen LogP contribution is 2.44. The van der Waals surface area contributed by atoms with Gasteiger partial charge in [0.2, 0.25) is 5.91 Å². The normalized spacial score (nSPS) is 17.7. The summed E-state index contributed by atoms with van der Waals surface area (Å²) in [6.07, 6.45) is 0.599. The molecule has 0 unspecified atom stereocenters. The molecule has 3 N–H and O–H groups in total. The summed E-state index contributed by atoms with van der Waals surface area (Å²) in [5, 5.41) is 14.7. The third-order valence-electron chi connectivity index (χ3n) is 7.04. The number of piperidine rings is 1. The van der Waals surface area contributed by atoms with Crippen molar-refractivity contribution in [2.45, 2.75) is 50.1 Å². The van der Waals surface area contributed by atoms with Gasteiger partial charge in [-0.15, -0.1) is 0 Å². The number of hydrogen-bond donors (Lipinski definition) is 3. The SMILES string of the molecule is C[C@@H](CC(=O)O)NC(=O)CC1(NC(=O)OCC2c3ccccc3-c3ccccc32)CCN(C)CC1. The number of carbonyl (C=O) groups is 3. The standard InChI is InChI=1S/C27H33N3O5/c1-18(15-25(32)33)28-24(31)16-27(11-13-30(2)14-12-27)29-26(34)35-17-23-21-9-5-3-7-19(21)20-8-4-6-10-22(20)23/h3-10,18,23H,11-17H2,1-2H3,(H,28,31)(H,29,34)(H,32,33)/t18-/m0/s1. The second-order valence-electron chi connectivity index (χ2n) is 9.78. The number of aliphatic carboxylic acids is 1. The number of carboxylic acids is 1. The summed E-state index contributed by atoms with van der Waals surface area (Å²) in [4.78, 5) is 38.8. The smallest absolute Gasteiger partial charge is 0.407 e. The molecule has 1 atom stereocenters. The van der Waals surface area contributed by atoms with Gasteiger partial charge in [0.25, 0.3) is 0 Å². The van der Waals surface area contributed by atoms with Crippen LogP contribution in [0.5, 0.6) is 0 Å². The Kier molecular flexibility index (Phi) is 7.40. The molecule has 35 heavy (non-hydrogen) atoms. The van der Waals surface area contributed by atoms with Gasteiger partial charge in [-0.1, -0.05) is 48.5 Å². The summed E-state index contributed by atoms with van der Waals surface area (Å²) in [6, 6.07) is 15.8. The Hall–Kier alpha value is -3.39. The molecule has 1 aliphatic heterocycles. The molecule has 2 aromatic carbocycles. The van der Waals surface area contributed by atoms with Crippen LogP contribution in [0.1, 0.15) is 49.7 Å². The van der Waals surface area contributed by atoms with Crippen LogP contribution in [0.2, 0.25) is 0 Å². The van der Waals surface area contributed by atoms with E-state index in [-0.39, 0.29) is 31.3 Å². The molecule has 1 saturated heterocycles. The number of ether oxygens (including phenoxy) is 1. The van der Waals surface area contributed by atoms with Gasteiger partial charge >= 0.3 is 12.1 Å². The van der Waals surface area contributed by atoms with E-state index in [4.69, 9.17) is 9.84 Å². The maximum atomic E-state index is 13.0. The Bertz CT molecular complexity index is 1050. The molecule has 0 aromatic heterocycles. The number of fused-ring (bicyclic) bond motifs is 3. The number of carboxylic acid groups (broad SMARTS) is 1. The van der Waals surface area contributed by atoms with Crippen LogP contribution in [0, 0.1) is 0 Å². The molecule has 1 aliphatic carbocycles. The molecular weight excluding hydrogens is 446 g/mol. The number of carbonyl (C=O) groups excluding carboxylic acids is 2. The Balaban J connectivity index is 1.41. The van der Waals surface area contributed by atoms with E-state index >= 15 is 0 Å². The molecule has 0 radical (unpaired) electrons. The highest BCUT2D eigenvalue weighted by Gasteiger charge is 2.38. The van der Waals surface area contributed by atoms with Crippen molar-refractivity contribution in [1.82, 2.24) is 15.5 Å². The summed E-state index contributed by atoms with van der Waals surface area (Å²) < 4.78 is 5.74. The first-order valence-electron chi connectivity index (χ1n) is 12.1. The van der Waals surface area contributed by atoms with Gasteiger partial charge < -0.3 is 25.4 Å². The van der Waals surface area contributed by atoms with Crippen LogP contribution in [0.15, 0.2) is 48.5 Å². The lowest BCUT2D eigenvalue weighted by Crippen LogP contribution is -2.57. The summed E-state index contributed by atoms with van der Waals surface area (Å²) in [5.41, 5.74) is 3.87. The molecule has 2 amide bonds. The van der Waals surface area contributed by atoms with E-state index in [1.807, 2.05) is 31.3 Å². The molecule has 0 saturated carbocycles. The first kappa shape index (κ1) is 24.7. The number of nitrogens with zero attached hydrogens (tertiary/aromatic N) is 1. The Morgan fingerprint density at radius 1 is 1.06 bits per heavy atom. The predicted molar refractivity (Wildman–Crippen MR) is 132 cm³/mol. The van der Waals surface area contributed by atoms with E-state index in [2.05, 4.69) is 39.8 Å². The maximum absolute atomic E-state index is 13.0. The molecule has 186 valence electrons. The summed E-state index contributed by atoms with van der Waals surface area (Å²) >= 11 is 0. The van der Waals surface area contributed by atoms with Crippen LogP contribution in [0.25, 0.3) is 11.1 Å². The molecule has 4 rings (SSSR count). The zero-order chi connectivity index (χ0) is 25.0. The van der Waals surface area contributed by atoms with Crippen molar-refractivity contribution >= 4 is 18.0 Å². The van der Waals surface area contributed by atoms with Gasteiger partial charge in [-0.2, -0.15) is 0 Å². The van der Waals surface area contributed by atoms with E-state index in [1.165, 1.54) is 0 Å². The molecule has 2 aromatic rings. The zero-order valence-corrected chi connectivity index (χ0v) is 20.3. The molecule has 1 heterocycles. The molecule has 1 fully saturated rings. The number of amides is 2. The van der Waals surface area contributed by atoms with Gasteiger partial charge in [0, 0.05) is 31.5 Å². The third kappa shape index (κ3) is 5.82. The number of nitrogens with one attached hydrogen (secondary N) is 2. The van der Waals surface area contributed by atoms with E-state index in [1.54, 1.807) is 6.92 Å². The van der Waals surface area contributed by atoms with Crippen LogP contribution >= 0.6 is 0 Å². The lowest BCUT2D eigenvalue weighted by molar-refractivity contribution is -0.137. The number of hydrogen-bond acceptors (Lipinski definition) is 5. The molecule has 0 bridgehead atoms. The minimum atomic E-state index is -0.969. The van der Waals surface area contributed by atoms with Gasteiger partial charge in [0.05, 0.1) is 12.0 Å². The van der Waals surface area contributed by atoms with Crippen LogP contribution in [0.4, 0.5) is 4.79 Å². The van der Waals surface area contributed by atoms with Gasteiger partial charge in [0.1, 0.15) is 6.61 Å². The number of rotatable bonds is 8.